The van der Waals surface area contributed by atoms with Crippen molar-refractivity contribution in [3.63, 3.8) is 0 Å². The van der Waals surface area contributed by atoms with E-state index >= 15 is 0 Å². The Morgan fingerprint density at radius 2 is 2.07 bits per heavy atom. The summed E-state index contributed by atoms with van der Waals surface area (Å²) in [5.74, 6) is -0.181. The first kappa shape index (κ1) is 12.2. The lowest BCUT2D eigenvalue weighted by Crippen LogP contribution is -2.01. The molecular weight excluding hydrogens is 191 g/mol. The van der Waals surface area contributed by atoms with E-state index in [0.717, 1.165) is 30.4 Å². The van der Waals surface area contributed by atoms with Crippen molar-refractivity contribution < 1.29 is 9.50 Å². The number of halogens is 1. The molecule has 0 heterocycles. The van der Waals surface area contributed by atoms with Crippen LogP contribution in [0.1, 0.15) is 43.7 Å². The molecule has 0 saturated carbocycles. The quantitative estimate of drug-likeness (QED) is 0.790. The molecule has 84 valence electrons. The van der Waals surface area contributed by atoms with E-state index in [4.69, 9.17) is 5.11 Å². The van der Waals surface area contributed by atoms with Crippen LogP contribution in [-0.2, 0) is 6.42 Å². The van der Waals surface area contributed by atoms with Gasteiger partial charge in [0, 0.05) is 12.5 Å². The Hall–Kier alpha value is -0.890. The van der Waals surface area contributed by atoms with Crippen molar-refractivity contribution >= 4 is 0 Å². The average Bonchev–Trinajstić information content (AvgIpc) is 2.24. The predicted octanol–water partition coefficient (Wildman–Crippen LogP) is 3.26. The van der Waals surface area contributed by atoms with Crippen molar-refractivity contribution in [1.82, 2.24) is 0 Å². The number of rotatable bonds is 5. The van der Waals surface area contributed by atoms with Crippen LogP contribution in [0.25, 0.3) is 0 Å². The molecule has 0 amide bonds. The van der Waals surface area contributed by atoms with Crippen LogP contribution in [0.3, 0.4) is 0 Å². The lowest BCUT2D eigenvalue weighted by Gasteiger charge is -2.10. The summed E-state index contributed by atoms with van der Waals surface area (Å²) < 4.78 is 13.3. The molecule has 0 aliphatic carbocycles. The third kappa shape index (κ3) is 3.63. The number of hydrogen-bond donors (Lipinski definition) is 1. The minimum atomic E-state index is -0.195. The van der Waals surface area contributed by atoms with E-state index in [9.17, 15) is 4.39 Å². The summed E-state index contributed by atoms with van der Waals surface area (Å²) in [6.07, 6.45) is 3.11. The molecule has 1 aromatic rings. The van der Waals surface area contributed by atoms with Gasteiger partial charge in [-0.1, -0.05) is 26.3 Å². The second kappa shape index (κ2) is 5.86. The summed E-state index contributed by atoms with van der Waals surface area (Å²) in [5, 5.41) is 9.02. The Morgan fingerprint density at radius 3 is 2.67 bits per heavy atom. The first-order chi connectivity index (χ1) is 7.17. The molecule has 0 bridgehead atoms. The fourth-order valence-electron chi connectivity index (χ4n) is 1.59. The molecule has 0 spiro atoms. The summed E-state index contributed by atoms with van der Waals surface area (Å²) in [5.41, 5.74) is 1.93. The van der Waals surface area contributed by atoms with Gasteiger partial charge in [-0.25, -0.2) is 4.39 Å². The first-order valence-electron chi connectivity index (χ1n) is 5.57. The zero-order chi connectivity index (χ0) is 11.3. The van der Waals surface area contributed by atoms with Crippen LogP contribution < -0.4 is 0 Å². The van der Waals surface area contributed by atoms with E-state index < -0.39 is 0 Å². The van der Waals surface area contributed by atoms with Gasteiger partial charge in [-0.05, 0) is 36.1 Å². The zero-order valence-electron chi connectivity index (χ0n) is 9.46. The van der Waals surface area contributed by atoms with Crippen LogP contribution in [0, 0.1) is 5.82 Å². The Morgan fingerprint density at radius 1 is 1.33 bits per heavy atom. The van der Waals surface area contributed by atoms with Crippen molar-refractivity contribution in [2.75, 3.05) is 6.61 Å². The van der Waals surface area contributed by atoms with Gasteiger partial charge in [0.25, 0.3) is 0 Å². The average molecular weight is 210 g/mol. The van der Waals surface area contributed by atoms with Crippen LogP contribution in [0.15, 0.2) is 18.2 Å². The largest absolute Gasteiger partial charge is 0.396 e. The minimum Gasteiger partial charge on any atom is -0.396 e. The van der Waals surface area contributed by atoms with Gasteiger partial charge in [-0.15, -0.1) is 0 Å². The Balaban J connectivity index is 2.84. The molecule has 15 heavy (non-hydrogen) atoms. The monoisotopic (exact) mass is 210 g/mol. The molecule has 2 heteroatoms. The molecule has 1 unspecified atom stereocenters. The Labute approximate surface area is 90.9 Å². The molecule has 1 aromatic carbocycles. The third-order valence-corrected chi connectivity index (χ3v) is 2.64. The van der Waals surface area contributed by atoms with Gasteiger partial charge in [0.2, 0.25) is 0 Å². The predicted molar refractivity (Wildman–Crippen MR) is 60.5 cm³/mol. The molecule has 1 nitrogen and oxygen atoms in total. The maximum absolute atomic E-state index is 13.3. The summed E-state index contributed by atoms with van der Waals surface area (Å²) in [7, 11) is 0. The number of benzene rings is 1. The second-order valence-electron chi connectivity index (χ2n) is 4.08. The van der Waals surface area contributed by atoms with Gasteiger partial charge >= 0.3 is 0 Å². The molecule has 0 saturated heterocycles. The smallest absolute Gasteiger partial charge is 0.123 e. The molecule has 0 aromatic heterocycles. The number of aryl methyl sites for hydroxylation is 1. The summed E-state index contributed by atoms with van der Waals surface area (Å²) in [4.78, 5) is 0. The van der Waals surface area contributed by atoms with E-state index in [2.05, 4.69) is 6.92 Å². The first-order valence-corrected chi connectivity index (χ1v) is 5.57. The number of unbranched alkanes of at least 4 members (excludes halogenated alkanes) is 1. The second-order valence-corrected chi connectivity index (χ2v) is 4.08. The number of aliphatic hydroxyl groups excluding tert-OH is 1. The third-order valence-electron chi connectivity index (χ3n) is 2.64. The summed E-state index contributed by atoms with van der Waals surface area (Å²) in [6.45, 7) is 4.09. The van der Waals surface area contributed by atoms with E-state index in [0.29, 0.717) is 0 Å². The Bertz CT molecular complexity index is 309. The highest BCUT2D eigenvalue weighted by atomic mass is 19.1. The van der Waals surface area contributed by atoms with Crippen LogP contribution in [0.4, 0.5) is 4.39 Å². The molecule has 0 aliphatic rings. The van der Waals surface area contributed by atoms with Gasteiger partial charge in [0.1, 0.15) is 5.82 Å². The van der Waals surface area contributed by atoms with Crippen LogP contribution in [-0.4, -0.2) is 11.7 Å². The normalized spacial score (nSPS) is 12.8. The molecule has 1 atom stereocenters. The van der Waals surface area contributed by atoms with Gasteiger partial charge in [-0.3, -0.25) is 0 Å². The van der Waals surface area contributed by atoms with Crippen molar-refractivity contribution in [3.05, 3.63) is 35.1 Å². The molecular formula is C13H19FO. The van der Waals surface area contributed by atoms with Gasteiger partial charge in [-0.2, -0.15) is 0 Å². The lowest BCUT2D eigenvalue weighted by atomic mass is 9.97. The highest BCUT2D eigenvalue weighted by molar-refractivity contribution is 5.27. The molecule has 0 radical (unpaired) electrons. The summed E-state index contributed by atoms with van der Waals surface area (Å²) >= 11 is 0. The van der Waals surface area contributed by atoms with Crippen LogP contribution in [0.2, 0.25) is 0 Å². The highest BCUT2D eigenvalue weighted by Crippen LogP contribution is 2.19. The van der Waals surface area contributed by atoms with Crippen molar-refractivity contribution in [3.8, 4) is 0 Å². The molecule has 0 aliphatic heterocycles. The minimum absolute atomic E-state index is 0.0149. The molecule has 0 fully saturated rings. The van der Waals surface area contributed by atoms with Crippen molar-refractivity contribution in [2.24, 2.45) is 0 Å². The number of aliphatic hydroxyl groups is 1. The molecule has 1 N–H and O–H groups in total. The van der Waals surface area contributed by atoms with Gasteiger partial charge < -0.3 is 5.11 Å². The molecule has 1 rings (SSSR count). The summed E-state index contributed by atoms with van der Waals surface area (Å²) in [6, 6.07) is 5.10. The zero-order valence-corrected chi connectivity index (χ0v) is 9.46. The standard InChI is InChI=1S/C13H19FO/c1-3-4-5-11-6-12(10(2)9-15)8-13(14)7-11/h6-8,10,15H,3-5,9H2,1-2H3. The van der Waals surface area contributed by atoms with E-state index in [-0.39, 0.29) is 18.3 Å². The van der Waals surface area contributed by atoms with Crippen LogP contribution >= 0.6 is 0 Å². The highest BCUT2D eigenvalue weighted by Gasteiger charge is 2.07. The lowest BCUT2D eigenvalue weighted by molar-refractivity contribution is 0.273. The van der Waals surface area contributed by atoms with Gasteiger partial charge in [0.05, 0.1) is 0 Å². The van der Waals surface area contributed by atoms with E-state index in [1.54, 1.807) is 6.07 Å². The van der Waals surface area contributed by atoms with E-state index in [1.165, 1.54) is 6.07 Å². The fourth-order valence-corrected chi connectivity index (χ4v) is 1.59. The Kier molecular flexibility index (Phi) is 4.76. The van der Waals surface area contributed by atoms with Gasteiger partial charge in [0.15, 0.2) is 0 Å². The van der Waals surface area contributed by atoms with Crippen molar-refractivity contribution in [2.45, 2.75) is 39.0 Å². The maximum atomic E-state index is 13.3. The van der Waals surface area contributed by atoms with Crippen LogP contribution in [0.5, 0.6) is 0 Å². The SMILES string of the molecule is CCCCc1cc(F)cc(C(C)CO)c1. The fraction of sp³-hybridized carbons (Fsp3) is 0.538. The number of hydrogen-bond acceptors (Lipinski definition) is 1. The van der Waals surface area contributed by atoms with E-state index in [1.807, 2.05) is 13.0 Å². The maximum Gasteiger partial charge on any atom is 0.123 e. The topological polar surface area (TPSA) is 20.2 Å². The van der Waals surface area contributed by atoms with Crippen molar-refractivity contribution in [1.29, 1.82) is 0 Å².